The maximum atomic E-state index is 2.39. The first-order valence-corrected chi connectivity index (χ1v) is 7.79. The summed E-state index contributed by atoms with van der Waals surface area (Å²) in [5, 5.41) is 0. The van der Waals surface area contributed by atoms with Gasteiger partial charge in [-0.3, -0.25) is 0 Å². The Morgan fingerprint density at radius 2 is 1.52 bits per heavy atom. The van der Waals surface area contributed by atoms with E-state index < -0.39 is 0 Å². The maximum Gasteiger partial charge on any atom is 0.216 e. The van der Waals surface area contributed by atoms with Crippen LogP contribution in [0.3, 0.4) is 0 Å². The average molecular weight is 280 g/mol. The lowest BCUT2D eigenvalue weighted by molar-refractivity contribution is -0.661. The van der Waals surface area contributed by atoms with Crippen molar-refractivity contribution in [2.45, 2.75) is 52.4 Å². The molecule has 3 rings (SSSR count). The molecule has 1 heteroatoms. The molecule has 1 aliphatic rings. The molecule has 0 bridgehead atoms. The average Bonchev–Trinajstić information content (AvgIpc) is 2.37. The zero-order valence-corrected chi connectivity index (χ0v) is 14.3. The van der Waals surface area contributed by atoms with Crippen molar-refractivity contribution in [3.05, 3.63) is 52.7 Å². The fourth-order valence-corrected chi connectivity index (χ4v) is 3.88. The molecule has 1 aromatic heterocycles. The van der Waals surface area contributed by atoms with Crippen LogP contribution in [-0.4, -0.2) is 0 Å². The highest BCUT2D eigenvalue weighted by molar-refractivity contribution is 5.75. The highest BCUT2D eigenvalue weighted by Crippen LogP contribution is 2.53. The van der Waals surface area contributed by atoms with Crippen LogP contribution in [-0.2, 0) is 17.9 Å². The Balaban J connectivity index is 2.53. The molecule has 0 aliphatic heterocycles. The molecule has 0 unspecified atom stereocenters. The maximum absolute atomic E-state index is 2.39. The quantitative estimate of drug-likeness (QED) is 0.631. The molecule has 0 saturated carbocycles. The number of fused-ring (bicyclic) bond motifs is 3. The first-order valence-electron chi connectivity index (χ1n) is 7.79. The second-order valence-electron chi connectivity index (χ2n) is 7.64. The normalized spacial score (nSPS) is 18.0. The van der Waals surface area contributed by atoms with Crippen molar-refractivity contribution in [3.8, 4) is 11.3 Å². The Kier molecular flexibility index (Phi) is 2.86. The predicted molar refractivity (Wildman–Crippen MR) is 88.6 cm³/mol. The number of aromatic nitrogens is 1. The number of aryl methyl sites for hydroxylation is 3. The largest absolute Gasteiger partial charge is 0.216 e. The lowest BCUT2D eigenvalue weighted by Gasteiger charge is -2.47. The fourth-order valence-electron chi connectivity index (χ4n) is 3.88. The van der Waals surface area contributed by atoms with Crippen LogP contribution in [0.25, 0.3) is 11.3 Å². The molecule has 0 radical (unpaired) electrons. The van der Waals surface area contributed by atoms with Gasteiger partial charge in [0.2, 0.25) is 5.69 Å². The number of pyridine rings is 1. The first-order chi connectivity index (χ1) is 9.68. The smallest absolute Gasteiger partial charge is 0.201 e. The van der Waals surface area contributed by atoms with Gasteiger partial charge in [0.15, 0.2) is 6.20 Å². The minimum Gasteiger partial charge on any atom is -0.201 e. The minimum absolute atomic E-state index is 0.106. The molecular formula is C20H26N+. The van der Waals surface area contributed by atoms with E-state index in [0.29, 0.717) is 0 Å². The topological polar surface area (TPSA) is 3.88 Å². The zero-order valence-electron chi connectivity index (χ0n) is 14.3. The van der Waals surface area contributed by atoms with Gasteiger partial charge in [-0.15, -0.1) is 0 Å². The fraction of sp³-hybridized carbons (Fsp3) is 0.450. The summed E-state index contributed by atoms with van der Waals surface area (Å²) < 4.78 is 2.29. The van der Waals surface area contributed by atoms with E-state index in [1.807, 2.05) is 0 Å². The summed E-state index contributed by atoms with van der Waals surface area (Å²) in [7, 11) is 2.16. The van der Waals surface area contributed by atoms with Crippen LogP contribution in [0.2, 0.25) is 0 Å². The van der Waals surface area contributed by atoms with Gasteiger partial charge >= 0.3 is 0 Å². The van der Waals surface area contributed by atoms with Crippen LogP contribution >= 0.6 is 0 Å². The molecule has 1 nitrogen and oxygen atoms in total. The summed E-state index contributed by atoms with van der Waals surface area (Å²) in [5.41, 5.74) is 8.72. The number of hydrogen-bond acceptors (Lipinski definition) is 0. The van der Waals surface area contributed by atoms with Crippen LogP contribution in [0.4, 0.5) is 0 Å². The molecule has 110 valence electrons. The van der Waals surface area contributed by atoms with Gasteiger partial charge in [-0.05, 0) is 36.5 Å². The van der Waals surface area contributed by atoms with Crippen molar-refractivity contribution in [2.24, 2.45) is 7.05 Å². The van der Waals surface area contributed by atoms with Crippen molar-refractivity contribution in [2.75, 3.05) is 0 Å². The molecule has 0 saturated heterocycles. The summed E-state index contributed by atoms with van der Waals surface area (Å²) in [6.45, 7) is 14.0. The van der Waals surface area contributed by atoms with Gasteiger partial charge in [-0.1, -0.05) is 45.4 Å². The molecule has 0 fully saturated rings. The molecular weight excluding hydrogens is 254 g/mol. The third-order valence-electron chi connectivity index (χ3n) is 5.81. The van der Waals surface area contributed by atoms with Gasteiger partial charge in [-0.25, -0.2) is 4.57 Å². The van der Waals surface area contributed by atoms with Gasteiger partial charge in [0.05, 0.1) is 5.56 Å². The molecule has 0 N–H and O–H groups in total. The van der Waals surface area contributed by atoms with E-state index in [1.165, 1.54) is 33.5 Å². The van der Waals surface area contributed by atoms with E-state index in [1.54, 1.807) is 0 Å². The van der Waals surface area contributed by atoms with Gasteiger partial charge in [0, 0.05) is 17.0 Å². The molecule has 1 aromatic carbocycles. The third-order valence-corrected chi connectivity index (χ3v) is 5.81. The number of hydrogen-bond donors (Lipinski definition) is 0. The molecule has 0 atom stereocenters. The van der Waals surface area contributed by atoms with E-state index in [2.05, 4.69) is 83.6 Å². The molecule has 21 heavy (non-hydrogen) atoms. The Hall–Kier alpha value is -1.63. The van der Waals surface area contributed by atoms with Crippen molar-refractivity contribution < 1.29 is 4.57 Å². The second-order valence-corrected chi connectivity index (χ2v) is 7.64. The van der Waals surface area contributed by atoms with Crippen LogP contribution in [0.5, 0.6) is 0 Å². The van der Waals surface area contributed by atoms with E-state index in [9.17, 15) is 0 Å². The first kappa shape index (κ1) is 14.3. The monoisotopic (exact) mass is 280 g/mol. The summed E-state index contributed by atoms with van der Waals surface area (Å²) in [4.78, 5) is 0. The van der Waals surface area contributed by atoms with Gasteiger partial charge < -0.3 is 0 Å². The molecule has 1 heterocycles. The van der Waals surface area contributed by atoms with Crippen molar-refractivity contribution in [3.63, 3.8) is 0 Å². The highest BCUT2D eigenvalue weighted by Gasteiger charge is 2.49. The van der Waals surface area contributed by atoms with E-state index in [4.69, 9.17) is 0 Å². The zero-order chi connectivity index (χ0) is 15.6. The third kappa shape index (κ3) is 1.73. The molecule has 2 aromatic rings. The second kappa shape index (κ2) is 4.19. The van der Waals surface area contributed by atoms with Gasteiger partial charge in [0.25, 0.3) is 0 Å². The number of rotatable bonds is 0. The lowest BCUT2D eigenvalue weighted by Crippen LogP contribution is -2.48. The van der Waals surface area contributed by atoms with Crippen LogP contribution in [0.15, 0.2) is 30.5 Å². The Labute approximate surface area is 128 Å². The highest BCUT2D eigenvalue weighted by atomic mass is 14.9. The Morgan fingerprint density at radius 3 is 2.19 bits per heavy atom. The summed E-state index contributed by atoms with van der Waals surface area (Å²) in [6.07, 6.45) is 2.16. The standard InChI is InChI=1S/C20H26N/c1-13-11-14(2)17-16(12-13)20(5,6)19(3,4)15-9-8-10-21(7)18(15)17/h8-12H,1-7H3/q+1. The lowest BCUT2D eigenvalue weighted by atomic mass is 9.55. The number of benzene rings is 1. The minimum atomic E-state index is 0.106. The van der Waals surface area contributed by atoms with Crippen molar-refractivity contribution in [1.29, 1.82) is 0 Å². The van der Waals surface area contributed by atoms with Crippen LogP contribution in [0.1, 0.15) is 49.9 Å². The van der Waals surface area contributed by atoms with E-state index >= 15 is 0 Å². The van der Waals surface area contributed by atoms with Gasteiger partial charge in [-0.2, -0.15) is 0 Å². The van der Waals surface area contributed by atoms with Gasteiger partial charge in [0.1, 0.15) is 7.05 Å². The molecule has 0 amide bonds. The van der Waals surface area contributed by atoms with Crippen molar-refractivity contribution in [1.82, 2.24) is 0 Å². The van der Waals surface area contributed by atoms with Crippen LogP contribution in [0, 0.1) is 13.8 Å². The Morgan fingerprint density at radius 1 is 0.905 bits per heavy atom. The molecule has 1 aliphatic carbocycles. The summed E-state index contributed by atoms with van der Waals surface area (Å²) >= 11 is 0. The van der Waals surface area contributed by atoms with Crippen molar-refractivity contribution >= 4 is 0 Å². The van der Waals surface area contributed by atoms with E-state index in [0.717, 1.165) is 0 Å². The Bertz CT molecular complexity index is 736. The van der Waals surface area contributed by atoms with E-state index in [-0.39, 0.29) is 10.8 Å². The molecule has 0 spiro atoms. The number of nitrogens with zero attached hydrogens (tertiary/aromatic N) is 1. The predicted octanol–water partition coefficient (Wildman–Crippen LogP) is 4.36. The summed E-state index contributed by atoms with van der Waals surface area (Å²) in [5.74, 6) is 0. The SMILES string of the molecule is Cc1cc(C)c2c(c1)C(C)(C)C(C)(C)c1ccc[n+](C)c1-2. The van der Waals surface area contributed by atoms with Crippen LogP contribution < -0.4 is 4.57 Å². The summed E-state index contributed by atoms with van der Waals surface area (Å²) in [6, 6.07) is 9.18.